The third-order valence-corrected chi connectivity index (χ3v) is 7.38. The van der Waals surface area contributed by atoms with Crippen LogP contribution in [0.2, 0.25) is 0 Å². The van der Waals surface area contributed by atoms with Gasteiger partial charge in [-0.2, -0.15) is 4.72 Å². The predicted molar refractivity (Wildman–Crippen MR) is 125 cm³/mol. The largest absolute Gasteiger partial charge is 0.379 e. The SMILES string of the molecule is Cc1cc(C)c(S(=O)(=O)N[C@@H](Cc2ccccc2)C(=O)NCCN2CCOCC2)c(C)c1. The number of aryl methyl sites for hydroxylation is 3. The van der Waals surface area contributed by atoms with Crippen LogP contribution in [0.25, 0.3) is 0 Å². The molecule has 7 nitrogen and oxygen atoms in total. The maximum absolute atomic E-state index is 13.3. The van der Waals surface area contributed by atoms with Gasteiger partial charge in [0.2, 0.25) is 15.9 Å². The maximum atomic E-state index is 13.3. The number of amides is 1. The molecule has 1 atom stereocenters. The van der Waals surface area contributed by atoms with Crippen LogP contribution in [0.4, 0.5) is 0 Å². The lowest BCUT2D eigenvalue weighted by Crippen LogP contribution is -2.50. The van der Waals surface area contributed by atoms with Crippen molar-refractivity contribution < 1.29 is 17.9 Å². The number of carbonyl (C=O) groups excluding carboxylic acids is 1. The molecule has 2 N–H and O–H groups in total. The molecule has 0 unspecified atom stereocenters. The molecule has 1 amide bonds. The lowest BCUT2D eigenvalue weighted by molar-refractivity contribution is -0.122. The lowest BCUT2D eigenvalue weighted by atomic mass is 10.1. The Morgan fingerprint density at radius 2 is 1.69 bits per heavy atom. The van der Waals surface area contributed by atoms with E-state index in [9.17, 15) is 13.2 Å². The molecule has 0 saturated carbocycles. The molecule has 1 aliphatic rings. The zero-order valence-corrected chi connectivity index (χ0v) is 19.9. The van der Waals surface area contributed by atoms with Gasteiger partial charge in [0.15, 0.2) is 0 Å². The zero-order valence-electron chi connectivity index (χ0n) is 19.1. The summed E-state index contributed by atoms with van der Waals surface area (Å²) in [6, 6.07) is 12.2. The fourth-order valence-electron chi connectivity index (χ4n) is 4.16. The summed E-state index contributed by atoms with van der Waals surface area (Å²) in [6.45, 7) is 9.71. The maximum Gasteiger partial charge on any atom is 0.241 e. The smallest absolute Gasteiger partial charge is 0.241 e. The standard InChI is InChI=1S/C24H33N3O4S/c1-18-15-19(2)23(20(3)16-18)32(29,30)26-22(17-21-7-5-4-6-8-21)24(28)25-9-10-27-11-13-31-14-12-27/h4-8,15-16,22,26H,9-14,17H2,1-3H3,(H,25,28)/t22-/m0/s1. The third kappa shape index (κ3) is 6.62. The summed E-state index contributed by atoms with van der Waals surface area (Å²) in [6.07, 6.45) is 0.271. The van der Waals surface area contributed by atoms with Gasteiger partial charge in [-0.1, -0.05) is 48.0 Å². The Labute approximate surface area is 191 Å². The molecule has 1 heterocycles. The first kappa shape index (κ1) is 24.4. The Hall–Kier alpha value is -2.26. The second-order valence-corrected chi connectivity index (χ2v) is 9.99. The first-order valence-corrected chi connectivity index (χ1v) is 12.5. The predicted octanol–water partition coefficient (Wildman–Crippen LogP) is 1.95. The van der Waals surface area contributed by atoms with Crippen LogP contribution in [-0.2, 0) is 26.0 Å². The van der Waals surface area contributed by atoms with Gasteiger partial charge in [-0.25, -0.2) is 8.42 Å². The van der Waals surface area contributed by atoms with E-state index >= 15 is 0 Å². The average Bonchev–Trinajstić information content (AvgIpc) is 2.73. The van der Waals surface area contributed by atoms with Crippen molar-refractivity contribution in [1.82, 2.24) is 14.9 Å². The number of hydrogen-bond donors (Lipinski definition) is 2. The Morgan fingerprint density at radius 3 is 2.31 bits per heavy atom. The number of hydrogen-bond acceptors (Lipinski definition) is 5. The van der Waals surface area contributed by atoms with Crippen LogP contribution in [0.15, 0.2) is 47.4 Å². The van der Waals surface area contributed by atoms with Gasteiger partial charge in [-0.3, -0.25) is 9.69 Å². The summed E-state index contributed by atoms with van der Waals surface area (Å²) in [5.41, 5.74) is 3.23. The van der Waals surface area contributed by atoms with Gasteiger partial charge in [0.25, 0.3) is 0 Å². The van der Waals surface area contributed by atoms with E-state index < -0.39 is 16.1 Å². The molecule has 0 bridgehead atoms. The van der Waals surface area contributed by atoms with Crippen molar-refractivity contribution in [1.29, 1.82) is 0 Å². The molecular formula is C24H33N3O4S. The lowest BCUT2D eigenvalue weighted by Gasteiger charge is -2.27. The molecular weight excluding hydrogens is 426 g/mol. The summed E-state index contributed by atoms with van der Waals surface area (Å²) in [5.74, 6) is -0.326. The van der Waals surface area contributed by atoms with Crippen LogP contribution in [-0.4, -0.2) is 64.7 Å². The first-order valence-electron chi connectivity index (χ1n) is 11.0. The molecule has 0 radical (unpaired) electrons. The number of carbonyl (C=O) groups is 1. The zero-order chi connectivity index (χ0) is 23.1. The first-order chi connectivity index (χ1) is 15.3. The molecule has 174 valence electrons. The van der Waals surface area contributed by atoms with Gasteiger partial charge >= 0.3 is 0 Å². The van der Waals surface area contributed by atoms with Gasteiger partial charge in [-0.05, 0) is 43.9 Å². The summed E-state index contributed by atoms with van der Waals surface area (Å²) in [7, 11) is -3.89. The Morgan fingerprint density at radius 1 is 1.06 bits per heavy atom. The topological polar surface area (TPSA) is 87.7 Å². The fourth-order valence-corrected chi connectivity index (χ4v) is 5.81. The van der Waals surface area contributed by atoms with Crippen LogP contribution >= 0.6 is 0 Å². The molecule has 0 spiro atoms. The highest BCUT2D eigenvalue weighted by atomic mass is 32.2. The van der Waals surface area contributed by atoms with Crippen molar-refractivity contribution in [3.05, 3.63) is 64.7 Å². The van der Waals surface area contributed by atoms with Gasteiger partial charge in [0, 0.05) is 26.2 Å². The van der Waals surface area contributed by atoms with E-state index in [1.54, 1.807) is 13.8 Å². The number of nitrogens with one attached hydrogen (secondary N) is 2. The molecule has 2 aromatic carbocycles. The molecule has 0 aromatic heterocycles. The van der Waals surface area contributed by atoms with E-state index in [1.807, 2.05) is 49.4 Å². The minimum absolute atomic E-state index is 0.238. The van der Waals surface area contributed by atoms with Crippen molar-refractivity contribution in [2.45, 2.75) is 38.1 Å². The van der Waals surface area contributed by atoms with Gasteiger partial charge in [0.05, 0.1) is 18.1 Å². The number of morpholine rings is 1. The highest BCUT2D eigenvalue weighted by molar-refractivity contribution is 7.89. The van der Waals surface area contributed by atoms with Gasteiger partial charge in [-0.15, -0.1) is 0 Å². The molecule has 1 saturated heterocycles. The summed E-state index contributed by atoms with van der Waals surface area (Å²) in [5, 5.41) is 2.91. The number of rotatable bonds is 9. The molecule has 8 heteroatoms. The molecule has 1 fully saturated rings. The molecule has 2 aromatic rings. The van der Waals surface area contributed by atoms with Crippen LogP contribution in [0.1, 0.15) is 22.3 Å². The van der Waals surface area contributed by atoms with Crippen LogP contribution in [0, 0.1) is 20.8 Å². The monoisotopic (exact) mass is 459 g/mol. The summed E-state index contributed by atoms with van der Waals surface area (Å²) >= 11 is 0. The average molecular weight is 460 g/mol. The fraction of sp³-hybridized carbons (Fsp3) is 0.458. The second kappa shape index (κ2) is 11.0. The van der Waals surface area contributed by atoms with Gasteiger partial charge < -0.3 is 10.1 Å². The van der Waals surface area contributed by atoms with Crippen molar-refractivity contribution in [3.63, 3.8) is 0 Å². The van der Waals surface area contributed by atoms with Crippen molar-refractivity contribution >= 4 is 15.9 Å². The highest BCUT2D eigenvalue weighted by Crippen LogP contribution is 2.22. The quantitative estimate of drug-likeness (QED) is 0.599. The van der Waals surface area contributed by atoms with E-state index in [0.717, 1.165) is 24.2 Å². The molecule has 3 rings (SSSR count). The van der Waals surface area contributed by atoms with Crippen molar-refractivity contribution in [2.24, 2.45) is 0 Å². The number of sulfonamides is 1. The summed E-state index contributed by atoms with van der Waals surface area (Å²) in [4.78, 5) is 15.5. The minimum Gasteiger partial charge on any atom is -0.379 e. The van der Waals surface area contributed by atoms with E-state index in [-0.39, 0.29) is 17.2 Å². The summed E-state index contributed by atoms with van der Waals surface area (Å²) < 4.78 is 34.6. The normalized spacial score (nSPS) is 16.0. The number of nitrogens with zero attached hydrogens (tertiary/aromatic N) is 1. The van der Waals surface area contributed by atoms with Crippen LogP contribution in [0.3, 0.4) is 0 Å². The molecule has 0 aliphatic carbocycles. The van der Waals surface area contributed by atoms with E-state index in [0.29, 0.717) is 37.4 Å². The second-order valence-electron chi connectivity index (χ2n) is 8.34. The van der Waals surface area contributed by atoms with E-state index in [2.05, 4.69) is 14.9 Å². The van der Waals surface area contributed by atoms with Gasteiger partial charge in [0.1, 0.15) is 6.04 Å². The molecule has 32 heavy (non-hydrogen) atoms. The van der Waals surface area contributed by atoms with E-state index in [4.69, 9.17) is 4.74 Å². The Kier molecular flexibility index (Phi) is 8.42. The number of benzene rings is 2. The Balaban J connectivity index is 1.75. The molecule has 1 aliphatic heterocycles. The van der Waals surface area contributed by atoms with E-state index in [1.165, 1.54) is 0 Å². The number of ether oxygens (including phenoxy) is 1. The van der Waals surface area contributed by atoms with Crippen molar-refractivity contribution in [3.8, 4) is 0 Å². The Bertz CT molecular complexity index is 996. The highest BCUT2D eigenvalue weighted by Gasteiger charge is 2.28. The van der Waals surface area contributed by atoms with Crippen LogP contribution < -0.4 is 10.0 Å². The third-order valence-electron chi connectivity index (χ3n) is 5.60. The van der Waals surface area contributed by atoms with Crippen molar-refractivity contribution in [2.75, 3.05) is 39.4 Å². The minimum atomic E-state index is -3.89. The van der Waals surface area contributed by atoms with Crippen LogP contribution in [0.5, 0.6) is 0 Å².